The molecule has 1 heterocycles. The van der Waals surface area contributed by atoms with Crippen LogP contribution in [0.2, 0.25) is 0 Å². The molecule has 1 aliphatic heterocycles. The summed E-state index contributed by atoms with van der Waals surface area (Å²) in [5.74, 6) is -1.04. The topological polar surface area (TPSA) is 78.4 Å². The Balaban J connectivity index is 2.23. The van der Waals surface area contributed by atoms with Gasteiger partial charge in [0, 0.05) is 12.2 Å². The monoisotopic (exact) mass is 290 g/mol. The van der Waals surface area contributed by atoms with Crippen LogP contribution in [0.5, 0.6) is 0 Å². The summed E-state index contributed by atoms with van der Waals surface area (Å²) in [6.07, 6.45) is 1.81. The van der Waals surface area contributed by atoms with Crippen LogP contribution in [0, 0.1) is 19.3 Å². The first kappa shape index (κ1) is 15.5. The Morgan fingerprint density at radius 1 is 1.33 bits per heavy atom. The van der Waals surface area contributed by atoms with Crippen LogP contribution < -0.4 is 10.6 Å². The molecule has 3 N–H and O–H groups in total. The molecule has 0 saturated carbocycles. The molecule has 0 spiro atoms. The molecule has 1 amide bonds. The molecule has 21 heavy (non-hydrogen) atoms. The van der Waals surface area contributed by atoms with Crippen molar-refractivity contribution in [2.24, 2.45) is 5.41 Å². The van der Waals surface area contributed by atoms with Gasteiger partial charge in [0.25, 0.3) is 0 Å². The van der Waals surface area contributed by atoms with E-state index in [2.05, 4.69) is 10.6 Å². The number of anilines is 1. The summed E-state index contributed by atoms with van der Waals surface area (Å²) in [4.78, 5) is 23.7. The fourth-order valence-corrected chi connectivity index (χ4v) is 2.69. The van der Waals surface area contributed by atoms with Crippen LogP contribution in [0.25, 0.3) is 0 Å². The van der Waals surface area contributed by atoms with E-state index in [4.69, 9.17) is 0 Å². The number of aromatic carboxylic acids is 1. The molecular weight excluding hydrogens is 268 g/mol. The Morgan fingerprint density at radius 2 is 2.05 bits per heavy atom. The van der Waals surface area contributed by atoms with E-state index in [0.29, 0.717) is 12.2 Å². The standard InChI is InChI=1S/C16H22N2O3/c1-10-7-12(8-13(11(10)2)14(19)20)18-15(21)16(3)5-4-6-17-9-16/h7-8,17H,4-6,9H2,1-3H3,(H,18,21)(H,19,20). The Labute approximate surface area is 124 Å². The molecular formula is C16H22N2O3. The fraction of sp³-hybridized carbons (Fsp3) is 0.500. The summed E-state index contributed by atoms with van der Waals surface area (Å²) in [5.41, 5.74) is 1.92. The maximum Gasteiger partial charge on any atom is 0.336 e. The molecule has 2 rings (SSSR count). The number of hydrogen-bond donors (Lipinski definition) is 3. The molecule has 1 aromatic carbocycles. The highest BCUT2D eigenvalue weighted by molar-refractivity contribution is 5.97. The van der Waals surface area contributed by atoms with Gasteiger partial charge in [-0.3, -0.25) is 4.79 Å². The number of carbonyl (C=O) groups excluding carboxylic acids is 1. The van der Waals surface area contributed by atoms with E-state index in [1.807, 2.05) is 19.9 Å². The van der Waals surface area contributed by atoms with Crippen molar-refractivity contribution in [1.82, 2.24) is 5.32 Å². The number of hydrogen-bond acceptors (Lipinski definition) is 3. The average Bonchev–Trinajstić information content (AvgIpc) is 2.43. The zero-order chi connectivity index (χ0) is 15.6. The minimum Gasteiger partial charge on any atom is -0.478 e. The lowest BCUT2D eigenvalue weighted by atomic mass is 9.82. The molecule has 5 nitrogen and oxygen atoms in total. The fourth-order valence-electron chi connectivity index (χ4n) is 2.69. The van der Waals surface area contributed by atoms with Crippen molar-refractivity contribution in [2.75, 3.05) is 18.4 Å². The number of aryl methyl sites for hydroxylation is 1. The minimum absolute atomic E-state index is 0.0608. The SMILES string of the molecule is Cc1cc(NC(=O)C2(C)CCCNC2)cc(C(=O)O)c1C. The predicted molar refractivity (Wildman–Crippen MR) is 81.7 cm³/mol. The second-order valence-electron chi connectivity index (χ2n) is 6.07. The van der Waals surface area contributed by atoms with Crippen molar-refractivity contribution in [3.63, 3.8) is 0 Å². The van der Waals surface area contributed by atoms with Crippen LogP contribution in [-0.4, -0.2) is 30.1 Å². The van der Waals surface area contributed by atoms with Crippen LogP contribution >= 0.6 is 0 Å². The number of nitrogens with one attached hydrogen (secondary N) is 2. The number of piperidine rings is 1. The summed E-state index contributed by atoms with van der Waals surface area (Å²) in [7, 11) is 0. The van der Waals surface area contributed by atoms with Gasteiger partial charge in [-0.25, -0.2) is 4.79 Å². The van der Waals surface area contributed by atoms with Gasteiger partial charge in [0.05, 0.1) is 11.0 Å². The molecule has 5 heteroatoms. The third kappa shape index (κ3) is 3.24. The molecule has 1 saturated heterocycles. The zero-order valence-electron chi connectivity index (χ0n) is 12.7. The van der Waals surface area contributed by atoms with Gasteiger partial charge in [0.2, 0.25) is 5.91 Å². The Hall–Kier alpha value is -1.88. The van der Waals surface area contributed by atoms with Gasteiger partial charge in [-0.1, -0.05) is 0 Å². The summed E-state index contributed by atoms with van der Waals surface area (Å²) >= 11 is 0. The van der Waals surface area contributed by atoms with Crippen molar-refractivity contribution < 1.29 is 14.7 Å². The van der Waals surface area contributed by atoms with E-state index in [-0.39, 0.29) is 11.5 Å². The van der Waals surface area contributed by atoms with Gasteiger partial charge >= 0.3 is 5.97 Å². The Bertz CT molecular complexity index is 575. The van der Waals surface area contributed by atoms with Gasteiger partial charge in [-0.15, -0.1) is 0 Å². The molecule has 1 fully saturated rings. The van der Waals surface area contributed by atoms with Gasteiger partial charge in [0.1, 0.15) is 0 Å². The Morgan fingerprint density at radius 3 is 2.62 bits per heavy atom. The zero-order valence-corrected chi connectivity index (χ0v) is 12.7. The maximum atomic E-state index is 12.5. The number of amides is 1. The number of rotatable bonds is 3. The van der Waals surface area contributed by atoms with Crippen molar-refractivity contribution in [2.45, 2.75) is 33.6 Å². The molecule has 0 bridgehead atoms. The van der Waals surface area contributed by atoms with Crippen molar-refractivity contribution in [3.8, 4) is 0 Å². The minimum atomic E-state index is -0.975. The first-order chi connectivity index (χ1) is 9.83. The molecule has 1 aromatic rings. The summed E-state index contributed by atoms with van der Waals surface area (Å²) in [6, 6.07) is 3.35. The lowest BCUT2D eigenvalue weighted by Crippen LogP contribution is -2.46. The van der Waals surface area contributed by atoms with Crippen molar-refractivity contribution >= 4 is 17.6 Å². The highest BCUT2D eigenvalue weighted by Crippen LogP contribution is 2.28. The predicted octanol–water partition coefficient (Wildman–Crippen LogP) is 2.33. The van der Waals surface area contributed by atoms with E-state index in [1.54, 1.807) is 6.92 Å². The van der Waals surface area contributed by atoms with E-state index >= 15 is 0 Å². The van der Waals surface area contributed by atoms with Crippen LogP contribution in [0.4, 0.5) is 5.69 Å². The normalized spacial score (nSPS) is 21.9. The van der Waals surface area contributed by atoms with Gasteiger partial charge in [0.15, 0.2) is 0 Å². The van der Waals surface area contributed by atoms with Gasteiger partial charge < -0.3 is 15.7 Å². The summed E-state index contributed by atoms with van der Waals surface area (Å²) in [5, 5.41) is 15.3. The largest absolute Gasteiger partial charge is 0.478 e. The molecule has 0 aromatic heterocycles. The summed E-state index contributed by atoms with van der Waals surface area (Å²) < 4.78 is 0. The van der Waals surface area contributed by atoms with Crippen LogP contribution in [0.1, 0.15) is 41.3 Å². The molecule has 0 radical (unpaired) electrons. The average molecular weight is 290 g/mol. The van der Waals surface area contributed by atoms with Gasteiger partial charge in [-0.05, 0) is 63.4 Å². The second kappa shape index (κ2) is 5.85. The lowest BCUT2D eigenvalue weighted by Gasteiger charge is -2.32. The van der Waals surface area contributed by atoms with Crippen LogP contribution in [0.15, 0.2) is 12.1 Å². The number of benzene rings is 1. The van der Waals surface area contributed by atoms with Gasteiger partial charge in [-0.2, -0.15) is 0 Å². The smallest absolute Gasteiger partial charge is 0.336 e. The second-order valence-corrected chi connectivity index (χ2v) is 6.07. The highest BCUT2D eigenvalue weighted by atomic mass is 16.4. The van der Waals surface area contributed by atoms with Crippen LogP contribution in [0.3, 0.4) is 0 Å². The number of carboxylic acid groups (broad SMARTS) is 1. The van der Waals surface area contributed by atoms with Crippen molar-refractivity contribution in [1.29, 1.82) is 0 Å². The van der Waals surface area contributed by atoms with E-state index in [0.717, 1.165) is 30.5 Å². The lowest BCUT2D eigenvalue weighted by molar-refractivity contribution is -0.125. The number of carbonyl (C=O) groups is 2. The Kier molecular flexibility index (Phi) is 4.32. The van der Waals surface area contributed by atoms with E-state index in [1.165, 1.54) is 6.07 Å². The van der Waals surface area contributed by atoms with Crippen molar-refractivity contribution in [3.05, 3.63) is 28.8 Å². The number of carboxylic acids is 1. The first-order valence-corrected chi connectivity index (χ1v) is 7.20. The third-order valence-corrected chi connectivity index (χ3v) is 4.30. The highest BCUT2D eigenvalue weighted by Gasteiger charge is 2.34. The van der Waals surface area contributed by atoms with E-state index in [9.17, 15) is 14.7 Å². The summed E-state index contributed by atoms with van der Waals surface area (Å²) in [6.45, 7) is 7.15. The quantitative estimate of drug-likeness (QED) is 0.798. The molecule has 1 unspecified atom stereocenters. The molecule has 1 atom stereocenters. The molecule has 1 aliphatic rings. The first-order valence-electron chi connectivity index (χ1n) is 7.20. The van der Waals surface area contributed by atoms with E-state index < -0.39 is 11.4 Å². The molecule has 114 valence electrons. The third-order valence-electron chi connectivity index (χ3n) is 4.30. The van der Waals surface area contributed by atoms with Crippen LogP contribution in [-0.2, 0) is 4.79 Å². The maximum absolute atomic E-state index is 12.5. The molecule has 0 aliphatic carbocycles.